The number of carbonyl (C=O) groups excluding carboxylic acids is 1. The van der Waals surface area contributed by atoms with Crippen molar-refractivity contribution in [3.8, 4) is 0 Å². The molecular formula is C15H30N2O3. The summed E-state index contributed by atoms with van der Waals surface area (Å²) in [5.74, 6) is -0.870. The number of carboxylic acid groups (broad SMARTS) is 1. The van der Waals surface area contributed by atoms with Crippen molar-refractivity contribution in [1.82, 2.24) is 10.2 Å². The second-order valence-corrected chi connectivity index (χ2v) is 6.21. The molecule has 5 nitrogen and oxygen atoms in total. The molecular weight excluding hydrogens is 256 g/mol. The maximum absolute atomic E-state index is 12.3. The van der Waals surface area contributed by atoms with Crippen LogP contribution in [0.5, 0.6) is 0 Å². The smallest absolute Gasteiger partial charge is 0.304 e. The van der Waals surface area contributed by atoms with Crippen LogP contribution in [0.15, 0.2) is 0 Å². The van der Waals surface area contributed by atoms with Crippen LogP contribution < -0.4 is 5.32 Å². The molecule has 0 heterocycles. The van der Waals surface area contributed by atoms with Gasteiger partial charge in [0.2, 0.25) is 5.91 Å². The number of hydrogen-bond donors (Lipinski definition) is 2. The first-order chi connectivity index (χ1) is 9.13. The fourth-order valence-electron chi connectivity index (χ4n) is 2.28. The molecule has 118 valence electrons. The van der Waals surface area contributed by atoms with Crippen molar-refractivity contribution in [3.63, 3.8) is 0 Å². The normalized spacial score (nSPS) is 13.6. The number of aliphatic carboxylic acids is 1. The highest BCUT2D eigenvalue weighted by atomic mass is 16.4. The highest BCUT2D eigenvalue weighted by Gasteiger charge is 2.31. The SMILES string of the molecule is CCC(CC)NC(=O)C(C)N(CCC(=O)O)C(C)(C)C. The van der Waals surface area contributed by atoms with Crippen molar-refractivity contribution in [3.05, 3.63) is 0 Å². The Kier molecular flexibility index (Phi) is 7.79. The number of carbonyl (C=O) groups is 2. The molecule has 0 radical (unpaired) electrons. The molecule has 2 N–H and O–H groups in total. The largest absolute Gasteiger partial charge is 0.481 e. The van der Waals surface area contributed by atoms with Gasteiger partial charge >= 0.3 is 5.97 Å². The first-order valence-electron chi connectivity index (χ1n) is 7.42. The molecule has 0 aromatic carbocycles. The van der Waals surface area contributed by atoms with E-state index in [4.69, 9.17) is 5.11 Å². The highest BCUT2D eigenvalue weighted by Crippen LogP contribution is 2.18. The standard InChI is InChI=1S/C15H30N2O3/c1-7-12(8-2)16-14(20)11(3)17(15(4,5)6)10-9-13(18)19/h11-12H,7-10H2,1-6H3,(H,16,20)(H,18,19). The van der Waals surface area contributed by atoms with E-state index in [2.05, 4.69) is 5.32 Å². The van der Waals surface area contributed by atoms with Gasteiger partial charge in [-0.1, -0.05) is 13.8 Å². The van der Waals surface area contributed by atoms with Gasteiger partial charge in [-0.25, -0.2) is 0 Å². The van der Waals surface area contributed by atoms with E-state index >= 15 is 0 Å². The third-order valence-corrected chi connectivity index (χ3v) is 3.61. The third kappa shape index (κ3) is 6.37. The number of carboxylic acids is 1. The number of rotatable bonds is 8. The molecule has 20 heavy (non-hydrogen) atoms. The highest BCUT2D eigenvalue weighted by molar-refractivity contribution is 5.81. The second-order valence-electron chi connectivity index (χ2n) is 6.21. The van der Waals surface area contributed by atoms with Crippen LogP contribution in [-0.4, -0.2) is 46.1 Å². The summed E-state index contributed by atoms with van der Waals surface area (Å²) in [6, 6.07) is -0.152. The van der Waals surface area contributed by atoms with Crippen LogP contribution in [0, 0.1) is 0 Å². The zero-order valence-electron chi connectivity index (χ0n) is 13.7. The molecule has 0 bridgehead atoms. The third-order valence-electron chi connectivity index (χ3n) is 3.61. The van der Waals surface area contributed by atoms with Crippen molar-refractivity contribution in [1.29, 1.82) is 0 Å². The Balaban J connectivity index is 4.80. The molecule has 0 fully saturated rings. The predicted molar refractivity (Wildman–Crippen MR) is 80.7 cm³/mol. The summed E-state index contributed by atoms with van der Waals surface area (Å²) < 4.78 is 0. The summed E-state index contributed by atoms with van der Waals surface area (Å²) in [4.78, 5) is 25.0. The van der Waals surface area contributed by atoms with Crippen LogP contribution in [0.3, 0.4) is 0 Å². The summed E-state index contributed by atoms with van der Waals surface area (Å²) in [5.41, 5.74) is -0.250. The lowest BCUT2D eigenvalue weighted by Gasteiger charge is -2.39. The minimum Gasteiger partial charge on any atom is -0.481 e. The molecule has 0 aromatic heterocycles. The molecule has 1 amide bonds. The first-order valence-corrected chi connectivity index (χ1v) is 7.42. The van der Waals surface area contributed by atoms with Gasteiger partial charge in [0.05, 0.1) is 12.5 Å². The van der Waals surface area contributed by atoms with E-state index in [0.717, 1.165) is 12.8 Å². The van der Waals surface area contributed by atoms with Crippen LogP contribution in [0.2, 0.25) is 0 Å². The molecule has 0 aliphatic carbocycles. The maximum atomic E-state index is 12.3. The Morgan fingerprint density at radius 3 is 2.05 bits per heavy atom. The van der Waals surface area contributed by atoms with E-state index < -0.39 is 5.97 Å². The van der Waals surface area contributed by atoms with Crippen molar-refractivity contribution in [2.75, 3.05) is 6.54 Å². The van der Waals surface area contributed by atoms with Crippen LogP contribution >= 0.6 is 0 Å². The summed E-state index contributed by atoms with van der Waals surface area (Å²) >= 11 is 0. The molecule has 0 aliphatic heterocycles. The van der Waals surface area contributed by atoms with E-state index in [0.29, 0.717) is 6.54 Å². The van der Waals surface area contributed by atoms with Gasteiger partial charge in [-0.3, -0.25) is 14.5 Å². The minimum atomic E-state index is -0.841. The number of nitrogens with zero attached hydrogens (tertiary/aromatic N) is 1. The summed E-state index contributed by atoms with van der Waals surface area (Å²) in [6.45, 7) is 12.3. The van der Waals surface area contributed by atoms with E-state index in [1.165, 1.54) is 0 Å². The Hall–Kier alpha value is -1.10. The lowest BCUT2D eigenvalue weighted by molar-refractivity contribution is -0.139. The van der Waals surface area contributed by atoms with Gasteiger partial charge in [-0.05, 0) is 40.5 Å². The Morgan fingerprint density at radius 2 is 1.70 bits per heavy atom. The predicted octanol–water partition coefficient (Wildman–Crippen LogP) is 2.25. The molecule has 1 unspecified atom stereocenters. The topological polar surface area (TPSA) is 69.6 Å². The quantitative estimate of drug-likeness (QED) is 0.718. The van der Waals surface area contributed by atoms with Crippen molar-refractivity contribution < 1.29 is 14.7 Å². The number of amides is 1. The van der Waals surface area contributed by atoms with Crippen LogP contribution in [0.25, 0.3) is 0 Å². The Labute approximate surface area is 122 Å². The molecule has 0 aliphatic rings. The van der Waals surface area contributed by atoms with Gasteiger partial charge in [-0.2, -0.15) is 0 Å². The lowest BCUT2D eigenvalue weighted by atomic mass is 10.0. The fraction of sp³-hybridized carbons (Fsp3) is 0.867. The van der Waals surface area contributed by atoms with Gasteiger partial charge < -0.3 is 10.4 Å². The molecule has 0 aromatic rings. The Morgan fingerprint density at radius 1 is 1.20 bits per heavy atom. The molecule has 5 heteroatoms. The fourth-order valence-corrected chi connectivity index (χ4v) is 2.28. The molecule has 0 rings (SSSR count). The average molecular weight is 286 g/mol. The molecule has 0 saturated heterocycles. The molecule has 0 spiro atoms. The van der Waals surface area contributed by atoms with Gasteiger partial charge in [0.1, 0.15) is 0 Å². The van der Waals surface area contributed by atoms with Crippen LogP contribution in [-0.2, 0) is 9.59 Å². The van der Waals surface area contributed by atoms with Gasteiger partial charge in [0.25, 0.3) is 0 Å². The zero-order valence-corrected chi connectivity index (χ0v) is 13.7. The van der Waals surface area contributed by atoms with E-state index in [1.807, 2.05) is 46.4 Å². The van der Waals surface area contributed by atoms with E-state index in [9.17, 15) is 9.59 Å². The Bertz CT molecular complexity index is 320. The lowest BCUT2D eigenvalue weighted by Crippen LogP contribution is -2.55. The van der Waals surface area contributed by atoms with Crippen LogP contribution in [0.1, 0.15) is 60.8 Å². The van der Waals surface area contributed by atoms with Crippen molar-refractivity contribution in [2.24, 2.45) is 0 Å². The first kappa shape index (κ1) is 18.9. The van der Waals surface area contributed by atoms with Gasteiger partial charge in [-0.15, -0.1) is 0 Å². The number of hydrogen-bond acceptors (Lipinski definition) is 3. The minimum absolute atomic E-state index is 0.0287. The summed E-state index contributed by atoms with van der Waals surface area (Å²) in [6.07, 6.45) is 1.85. The van der Waals surface area contributed by atoms with Crippen molar-refractivity contribution >= 4 is 11.9 Å². The monoisotopic (exact) mass is 286 g/mol. The number of nitrogens with one attached hydrogen (secondary N) is 1. The summed E-state index contributed by atoms with van der Waals surface area (Å²) in [5, 5.41) is 11.9. The zero-order chi connectivity index (χ0) is 15.9. The maximum Gasteiger partial charge on any atom is 0.304 e. The molecule has 1 atom stereocenters. The second kappa shape index (κ2) is 8.25. The molecule has 0 saturated carbocycles. The van der Waals surface area contributed by atoms with Crippen molar-refractivity contribution in [2.45, 2.75) is 78.4 Å². The van der Waals surface area contributed by atoms with E-state index in [1.54, 1.807) is 0 Å². The van der Waals surface area contributed by atoms with E-state index in [-0.39, 0.29) is 30.0 Å². The summed E-state index contributed by atoms with van der Waals surface area (Å²) in [7, 11) is 0. The van der Waals surface area contributed by atoms with Gasteiger partial charge in [0, 0.05) is 18.1 Å². The average Bonchev–Trinajstić information content (AvgIpc) is 2.33. The van der Waals surface area contributed by atoms with Gasteiger partial charge in [0.15, 0.2) is 0 Å². The van der Waals surface area contributed by atoms with Crippen LogP contribution in [0.4, 0.5) is 0 Å².